The summed E-state index contributed by atoms with van der Waals surface area (Å²) in [6.45, 7) is 1.04. The van der Waals surface area contributed by atoms with Gasteiger partial charge in [0.1, 0.15) is 11.9 Å². The number of aromatic amines is 1. The molecule has 1 aromatic carbocycles. The van der Waals surface area contributed by atoms with Gasteiger partial charge in [-0.05, 0) is 25.0 Å². The lowest BCUT2D eigenvalue weighted by atomic mass is 10.1. The molecule has 1 amide bonds. The molecule has 27 heavy (non-hydrogen) atoms. The van der Waals surface area contributed by atoms with Gasteiger partial charge in [-0.2, -0.15) is 10.1 Å². The minimum atomic E-state index is -0.382. The van der Waals surface area contributed by atoms with E-state index in [1.54, 1.807) is 12.1 Å². The molecule has 1 aliphatic heterocycles. The molecule has 3 heterocycles. The van der Waals surface area contributed by atoms with Crippen LogP contribution in [0.2, 0.25) is 0 Å². The zero-order valence-electron chi connectivity index (χ0n) is 14.4. The fourth-order valence-electron chi connectivity index (χ4n) is 2.98. The molecule has 4 rings (SSSR count). The van der Waals surface area contributed by atoms with Gasteiger partial charge in [-0.25, -0.2) is 4.39 Å². The molecule has 1 saturated heterocycles. The van der Waals surface area contributed by atoms with Gasteiger partial charge >= 0.3 is 0 Å². The molecular weight excluding hydrogens is 353 g/mol. The summed E-state index contributed by atoms with van der Waals surface area (Å²) >= 11 is 0. The zero-order valence-corrected chi connectivity index (χ0v) is 14.4. The molecule has 0 bridgehead atoms. The monoisotopic (exact) mass is 371 g/mol. The summed E-state index contributed by atoms with van der Waals surface area (Å²) in [6.07, 6.45) is 3.58. The topological polar surface area (TPSA) is 106 Å². The summed E-state index contributed by atoms with van der Waals surface area (Å²) in [4.78, 5) is 16.8. The van der Waals surface area contributed by atoms with E-state index >= 15 is 0 Å². The molecule has 0 radical (unpaired) electrons. The number of hydrogen-bond acceptors (Lipinski definition) is 6. The van der Waals surface area contributed by atoms with Gasteiger partial charge in [0.25, 0.3) is 11.8 Å². The van der Waals surface area contributed by atoms with E-state index in [-0.39, 0.29) is 17.8 Å². The number of benzene rings is 1. The Morgan fingerprint density at radius 1 is 1.41 bits per heavy atom. The minimum absolute atomic E-state index is 0.124. The van der Waals surface area contributed by atoms with Crippen molar-refractivity contribution in [2.45, 2.75) is 25.4 Å². The molecule has 8 nitrogen and oxygen atoms in total. The number of ether oxygens (including phenoxy) is 1. The van der Waals surface area contributed by atoms with E-state index in [4.69, 9.17) is 9.26 Å². The maximum Gasteiger partial charge on any atom is 0.255 e. The molecular formula is C18H18FN5O3. The van der Waals surface area contributed by atoms with E-state index in [2.05, 4.69) is 25.7 Å². The van der Waals surface area contributed by atoms with Crippen LogP contribution in [0.15, 0.2) is 35.0 Å². The fraction of sp³-hybridized carbons (Fsp3) is 0.333. The third-order valence-electron chi connectivity index (χ3n) is 4.32. The second kappa shape index (κ2) is 7.67. The van der Waals surface area contributed by atoms with Crippen molar-refractivity contribution in [3.63, 3.8) is 0 Å². The van der Waals surface area contributed by atoms with Crippen molar-refractivity contribution in [3.8, 4) is 11.3 Å². The highest BCUT2D eigenvalue weighted by molar-refractivity contribution is 5.99. The Labute approximate surface area is 154 Å². The number of amides is 1. The first-order chi connectivity index (χ1) is 13.2. The maximum absolute atomic E-state index is 13.4. The van der Waals surface area contributed by atoms with Crippen LogP contribution >= 0.6 is 0 Å². The summed E-state index contributed by atoms with van der Waals surface area (Å²) in [7, 11) is 0. The van der Waals surface area contributed by atoms with Crippen molar-refractivity contribution < 1.29 is 18.4 Å². The minimum Gasteiger partial charge on any atom is -0.368 e. The van der Waals surface area contributed by atoms with Gasteiger partial charge in [0.2, 0.25) is 0 Å². The molecule has 9 heteroatoms. The van der Waals surface area contributed by atoms with Gasteiger partial charge in [-0.1, -0.05) is 17.3 Å². The van der Waals surface area contributed by atoms with E-state index in [0.29, 0.717) is 48.1 Å². The fourth-order valence-corrected chi connectivity index (χ4v) is 2.98. The van der Waals surface area contributed by atoms with Gasteiger partial charge in [0.15, 0.2) is 5.82 Å². The van der Waals surface area contributed by atoms with Crippen LogP contribution in [-0.4, -0.2) is 39.4 Å². The molecule has 0 spiro atoms. The third kappa shape index (κ3) is 3.87. The van der Waals surface area contributed by atoms with Crippen LogP contribution in [0, 0.1) is 5.82 Å². The second-order valence-electron chi connectivity index (χ2n) is 6.23. The quantitative estimate of drug-likeness (QED) is 0.689. The molecule has 0 unspecified atom stereocenters. The molecule has 1 fully saturated rings. The maximum atomic E-state index is 13.4. The van der Waals surface area contributed by atoms with Crippen LogP contribution in [0.25, 0.3) is 11.3 Å². The number of carbonyl (C=O) groups is 1. The normalized spacial score (nSPS) is 16.6. The van der Waals surface area contributed by atoms with Crippen molar-refractivity contribution in [1.29, 1.82) is 0 Å². The number of carbonyl (C=O) groups excluding carboxylic acids is 1. The van der Waals surface area contributed by atoms with E-state index < -0.39 is 0 Å². The summed E-state index contributed by atoms with van der Waals surface area (Å²) in [5.74, 6) is 0.300. The first kappa shape index (κ1) is 17.3. The first-order valence-electron chi connectivity index (χ1n) is 8.72. The van der Waals surface area contributed by atoms with Gasteiger partial charge in [-0.3, -0.25) is 9.89 Å². The predicted octanol–water partition coefficient (Wildman–Crippen LogP) is 2.42. The molecule has 0 aliphatic carbocycles. The summed E-state index contributed by atoms with van der Waals surface area (Å²) in [5.41, 5.74) is 1.36. The molecule has 2 aromatic heterocycles. The molecule has 0 saturated carbocycles. The lowest BCUT2D eigenvalue weighted by molar-refractivity contribution is 0.0835. The largest absolute Gasteiger partial charge is 0.368 e. The van der Waals surface area contributed by atoms with Crippen molar-refractivity contribution in [2.75, 3.05) is 13.2 Å². The van der Waals surface area contributed by atoms with Crippen LogP contribution in [-0.2, 0) is 11.2 Å². The lowest BCUT2D eigenvalue weighted by Gasteiger charge is -2.05. The number of nitrogens with one attached hydrogen (secondary N) is 2. The van der Waals surface area contributed by atoms with Crippen LogP contribution < -0.4 is 5.32 Å². The van der Waals surface area contributed by atoms with Gasteiger partial charge in [-0.15, -0.1) is 0 Å². The molecule has 140 valence electrons. The summed E-state index contributed by atoms with van der Waals surface area (Å²) < 4.78 is 24.2. The number of nitrogens with zero attached hydrogens (tertiary/aromatic N) is 3. The van der Waals surface area contributed by atoms with E-state index in [1.165, 1.54) is 18.3 Å². The van der Waals surface area contributed by atoms with E-state index in [1.807, 2.05) is 0 Å². The number of H-pyrrole nitrogens is 1. The molecule has 2 N–H and O–H groups in total. The highest BCUT2D eigenvalue weighted by Crippen LogP contribution is 2.27. The van der Waals surface area contributed by atoms with Gasteiger partial charge in [0.05, 0.1) is 17.5 Å². The highest BCUT2D eigenvalue weighted by atomic mass is 19.1. The van der Waals surface area contributed by atoms with Crippen LogP contribution in [0.5, 0.6) is 0 Å². The Kier molecular flexibility index (Phi) is 4.93. The molecule has 1 aliphatic rings. The van der Waals surface area contributed by atoms with Gasteiger partial charge < -0.3 is 14.6 Å². The molecule has 3 aromatic rings. The Hall–Kier alpha value is -3.07. The van der Waals surface area contributed by atoms with Crippen LogP contribution in [0.4, 0.5) is 4.39 Å². The predicted molar refractivity (Wildman–Crippen MR) is 92.2 cm³/mol. The smallest absolute Gasteiger partial charge is 0.255 e. The van der Waals surface area contributed by atoms with E-state index in [0.717, 1.165) is 12.8 Å². The Bertz CT molecular complexity index is 932. The first-order valence-corrected chi connectivity index (χ1v) is 8.72. The lowest BCUT2D eigenvalue weighted by Crippen LogP contribution is -2.26. The number of halogens is 1. The average molecular weight is 371 g/mol. The van der Waals surface area contributed by atoms with Crippen LogP contribution in [0.1, 0.15) is 41.0 Å². The number of hydrogen-bond donors (Lipinski definition) is 2. The Morgan fingerprint density at radius 2 is 2.33 bits per heavy atom. The summed E-state index contributed by atoms with van der Waals surface area (Å²) in [5, 5.41) is 13.4. The second-order valence-corrected chi connectivity index (χ2v) is 6.23. The van der Waals surface area contributed by atoms with Crippen molar-refractivity contribution in [1.82, 2.24) is 25.7 Å². The van der Waals surface area contributed by atoms with Gasteiger partial charge in [0, 0.05) is 25.1 Å². The van der Waals surface area contributed by atoms with Crippen molar-refractivity contribution in [2.24, 2.45) is 0 Å². The van der Waals surface area contributed by atoms with Crippen molar-refractivity contribution in [3.05, 3.63) is 53.6 Å². The number of rotatable bonds is 6. The SMILES string of the molecule is O=C(NCCc1noc([C@@H]2CCCO2)n1)c1cn[nH]c1-c1cccc(F)c1. The third-order valence-corrected chi connectivity index (χ3v) is 4.32. The number of aromatic nitrogens is 4. The standard InChI is InChI=1S/C18H18FN5O3/c19-12-4-1-3-11(9-12)16-13(10-21-23-16)17(25)20-7-6-15-22-18(27-24-15)14-5-2-8-26-14/h1,3-4,9-10,14H,2,5-8H2,(H,20,25)(H,21,23)/t14-/m0/s1. The Morgan fingerprint density at radius 3 is 3.15 bits per heavy atom. The molecule has 1 atom stereocenters. The summed E-state index contributed by atoms with van der Waals surface area (Å²) in [6, 6.07) is 5.97. The van der Waals surface area contributed by atoms with Crippen LogP contribution in [0.3, 0.4) is 0 Å². The zero-order chi connectivity index (χ0) is 18.6. The van der Waals surface area contributed by atoms with Crippen molar-refractivity contribution >= 4 is 5.91 Å². The Balaban J connectivity index is 1.36. The average Bonchev–Trinajstić information content (AvgIpc) is 3.41. The van der Waals surface area contributed by atoms with E-state index in [9.17, 15) is 9.18 Å². The highest BCUT2D eigenvalue weighted by Gasteiger charge is 2.23.